The zero-order valence-corrected chi connectivity index (χ0v) is 16.7. The first-order valence-electron chi connectivity index (χ1n) is 10.7. The summed E-state index contributed by atoms with van der Waals surface area (Å²) in [6.07, 6.45) is 16.4. The van der Waals surface area contributed by atoms with Gasteiger partial charge in [0.1, 0.15) is 12.1 Å². The fraction of sp³-hybridized carbons (Fsp3) is 0.952. The molecule has 0 amide bonds. The molecule has 2 atom stereocenters. The first-order valence-corrected chi connectivity index (χ1v) is 10.7. The third kappa shape index (κ3) is 10.2. The summed E-state index contributed by atoms with van der Waals surface area (Å²) in [7, 11) is 1.99. The molecule has 0 aromatic rings. The maximum absolute atomic E-state index is 12.3. The summed E-state index contributed by atoms with van der Waals surface area (Å²) < 4.78 is 5.69. The fourth-order valence-electron chi connectivity index (χ4n) is 3.72. The molecule has 0 radical (unpaired) electrons. The number of carbonyl (C=O) groups excluding carboxylic acids is 1. The van der Waals surface area contributed by atoms with Crippen LogP contribution in [0.3, 0.4) is 0 Å². The van der Waals surface area contributed by atoms with Gasteiger partial charge in [-0.25, -0.2) is 0 Å². The largest absolute Gasteiger partial charge is 0.461 e. The quantitative estimate of drug-likeness (QED) is 0.342. The van der Waals surface area contributed by atoms with E-state index >= 15 is 0 Å². The van der Waals surface area contributed by atoms with Crippen molar-refractivity contribution in [3.05, 3.63) is 0 Å². The van der Waals surface area contributed by atoms with E-state index in [0.29, 0.717) is 6.42 Å². The highest BCUT2D eigenvalue weighted by Gasteiger charge is 2.30. The van der Waals surface area contributed by atoms with E-state index in [1.54, 1.807) is 0 Å². The Morgan fingerprint density at radius 3 is 2.16 bits per heavy atom. The molecule has 25 heavy (non-hydrogen) atoms. The standard InChI is InChI=1S/C21H41NO3/c1-3-4-5-6-7-8-9-10-11-12-14-19(16-18-23)25-21(24)20-15-13-17-22(20)2/h19-20,23H,3-18H2,1-2H3/t19-,20+/m0/s1. The van der Waals surface area contributed by atoms with Gasteiger partial charge in [-0.1, -0.05) is 64.7 Å². The molecule has 0 aromatic carbocycles. The number of ether oxygens (including phenoxy) is 1. The molecule has 1 heterocycles. The number of aliphatic hydroxyl groups is 1. The molecule has 0 aromatic heterocycles. The number of likely N-dealkylation sites (N-methyl/N-ethyl adjacent to an activating group) is 1. The molecule has 1 saturated heterocycles. The van der Waals surface area contributed by atoms with Gasteiger partial charge in [0.15, 0.2) is 0 Å². The van der Waals surface area contributed by atoms with E-state index in [2.05, 4.69) is 11.8 Å². The number of esters is 1. The number of nitrogens with zero attached hydrogens (tertiary/aromatic N) is 1. The highest BCUT2D eigenvalue weighted by atomic mass is 16.5. The smallest absolute Gasteiger partial charge is 0.323 e. The lowest BCUT2D eigenvalue weighted by atomic mass is 10.0. The molecule has 0 aliphatic carbocycles. The number of aliphatic hydroxyl groups excluding tert-OH is 1. The molecule has 4 heteroatoms. The summed E-state index contributed by atoms with van der Waals surface area (Å²) in [6, 6.07) is -0.0751. The number of unbranched alkanes of at least 4 members (excludes halogenated alkanes) is 9. The van der Waals surface area contributed by atoms with Crippen molar-refractivity contribution in [2.45, 2.75) is 109 Å². The van der Waals surface area contributed by atoms with Crippen LogP contribution in [0.2, 0.25) is 0 Å². The maximum atomic E-state index is 12.3. The second-order valence-electron chi connectivity index (χ2n) is 7.68. The van der Waals surface area contributed by atoms with E-state index in [-0.39, 0.29) is 24.7 Å². The Bertz CT molecular complexity index is 335. The van der Waals surface area contributed by atoms with E-state index in [4.69, 9.17) is 4.74 Å². The fourth-order valence-corrected chi connectivity index (χ4v) is 3.72. The van der Waals surface area contributed by atoms with Gasteiger partial charge in [0.2, 0.25) is 0 Å². The lowest BCUT2D eigenvalue weighted by molar-refractivity contribution is -0.155. The van der Waals surface area contributed by atoms with Gasteiger partial charge in [0.05, 0.1) is 0 Å². The zero-order valence-electron chi connectivity index (χ0n) is 16.7. The van der Waals surface area contributed by atoms with Gasteiger partial charge >= 0.3 is 5.97 Å². The van der Waals surface area contributed by atoms with Gasteiger partial charge in [-0.2, -0.15) is 0 Å². The molecular weight excluding hydrogens is 314 g/mol. The van der Waals surface area contributed by atoms with Gasteiger partial charge < -0.3 is 9.84 Å². The van der Waals surface area contributed by atoms with Gasteiger partial charge in [-0.15, -0.1) is 0 Å². The Balaban J connectivity index is 2.07. The lowest BCUT2D eigenvalue weighted by Gasteiger charge is -2.22. The van der Waals surface area contributed by atoms with Crippen molar-refractivity contribution in [1.82, 2.24) is 4.90 Å². The van der Waals surface area contributed by atoms with Crippen molar-refractivity contribution < 1.29 is 14.6 Å². The summed E-state index contributed by atoms with van der Waals surface area (Å²) in [5.41, 5.74) is 0. The average Bonchev–Trinajstić information content (AvgIpc) is 3.02. The minimum Gasteiger partial charge on any atom is -0.461 e. The third-order valence-electron chi connectivity index (χ3n) is 5.41. The molecule has 0 saturated carbocycles. The molecule has 0 spiro atoms. The molecule has 1 fully saturated rings. The van der Waals surface area contributed by atoms with Crippen LogP contribution in [0.15, 0.2) is 0 Å². The van der Waals surface area contributed by atoms with Crippen LogP contribution in [0.25, 0.3) is 0 Å². The highest BCUT2D eigenvalue weighted by Crippen LogP contribution is 2.19. The first-order chi connectivity index (χ1) is 12.2. The van der Waals surface area contributed by atoms with E-state index < -0.39 is 0 Å². The first kappa shape index (κ1) is 22.4. The monoisotopic (exact) mass is 355 g/mol. The number of hydrogen-bond acceptors (Lipinski definition) is 4. The van der Waals surface area contributed by atoms with Crippen LogP contribution < -0.4 is 0 Å². The second-order valence-corrected chi connectivity index (χ2v) is 7.68. The molecule has 1 aliphatic rings. The van der Waals surface area contributed by atoms with Crippen LogP contribution in [0, 0.1) is 0 Å². The van der Waals surface area contributed by atoms with Crippen molar-refractivity contribution in [2.24, 2.45) is 0 Å². The zero-order chi connectivity index (χ0) is 18.3. The number of hydrogen-bond donors (Lipinski definition) is 1. The van der Waals surface area contributed by atoms with Crippen molar-refractivity contribution in [2.75, 3.05) is 20.2 Å². The Morgan fingerprint density at radius 1 is 1.04 bits per heavy atom. The molecule has 1 rings (SSSR count). The van der Waals surface area contributed by atoms with Gasteiger partial charge in [0.25, 0.3) is 0 Å². The SMILES string of the molecule is CCCCCCCCCCCC[C@@H](CCO)OC(=O)[C@H]1CCCN1C. The molecule has 1 aliphatic heterocycles. The number of carbonyl (C=O) groups is 1. The van der Waals surface area contributed by atoms with Crippen LogP contribution in [0.5, 0.6) is 0 Å². The van der Waals surface area contributed by atoms with Crippen molar-refractivity contribution in [3.63, 3.8) is 0 Å². The van der Waals surface area contributed by atoms with Crippen LogP contribution in [-0.4, -0.2) is 48.3 Å². The predicted molar refractivity (Wildman–Crippen MR) is 104 cm³/mol. The summed E-state index contributed by atoms with van der Waals surface area (Å²) in [4.78, 5) is 14.4. The van der Waals surface area contributed by atoms with Gasteiger partial charge in [-0.05, 0) is 39.3 Å². The Hall–Kier alpha value is -0.610. The van der Waals surface area contributed by atoms with Crippen LogP contribution in [0.4, 0.5) is 0 Å². The Kier molecular flexibility index (Phi) is 13.1. The molecule has 148 valence electrons. The minimum absolute atomic E-state index is 0.0751. The number of rotatable bonds is 15. The normalized spacial score (nSPS) is 19.2. The van der Waals surface area contributed by atoms with Crippen molar-refractivity contribution >= 4 is 5.97 Å². The van der Waals surface area contributed by atoms with Gasteiger partial charge in [-0.3, -0.25) is 9.69 Å². The van der Waals surface area contributed by atoms with E-state index in [1.165, 1.54) is 57.8 Å². The van der Waals surface area contributed by atoms with E-state index in [9.17, 15) is 9.90 Å². The molecule has 0 bridgehead atoms. The predicted octanol–water partition coefficient (Wildman–Crippen LogP) is 4.69. The molecule has 1 N–H and O–H groups in total. The molecule has 0 unspecified atom stereocenters. The van der Waals surface area contributed by atoms with E-state index in [0.717, 1.165) is 32.2 Å². The van der Waals surface area contributed by atoms with Crippen LogP contribution in [-0.2, 0) is 9.53 Å². The van der Waals surface area contributed by atoms with Crippen LogP contribution in [0.1, 0.15) is 96.8 Å². The summed E-state index contributed by atoms with van der Waals surface area (Å²) in [5.74, 6) is -0.0921. The lowest BCUT2D eigenvalue weighted by Crippen LogP contribution is -2.36. The van der Waals surface area contributed by atoms with Crippen molar-refractivity contribution in [1.29, 1.82) is 0 Å². The Labute approximate surface area is 155 Å². The maximum Gasteiger partial charge on any atom is 0.323 e. The molecule has 4 nitrogen and oxygen atoms in total. The number of likely N-dealkylation sites (tertiary alicyclic amines) is 1. The van der Waals surface area contributed by atoms with Crippen LogP contribution >= 0.6 is 0 Å². The average molecular weight is 356 g/mol. The second kappa shape index (κ2) is 14.5. The summed E-state index contributed by atoms with van der Waals surface area (Å²) in [5, 5.41) is 9.23. The van der Waals surface area contributed by atoms with Gasteiger partial charge in [0, 0.05) is 13.0 Å². The summed E-state index contributed by atoms with van der Waals surface area (Å²) >= 11 is 0. The molecular formula is C21H41NO3. The highest BCUT2D eigenvalue weighted by molar-refractivity contribution is 5.76. The van der Waals surface area contributed by atoms with E-state index in [1.807, 2.05) is 7.05 Å². The third-order valence-corrected chi connectivity index (χ3v) is 5.41. The summed E-state index contributed by atoms with van der Waals surface area (Å²) in [6.45, 7) is 3.33. The topological polar surface area (TPSA) is 49.8 Å². The minimum atomic E-state index is -0.111. The van der Waals surface area contributed by atoms with Crippen molar-refractivity contribution in [3.8, 4) is 0 Å². The Morgan fingerprint density at radius 2 is 1.64 bits per heavy atom.